The molecule has 0 aromatic heterocycles. The predicted molar refractivity (Wildman–Crippen MR) is 53.3 cm³/mol. The molecule has 0 fully saturated rings. The highest BCUT2D eigenvalue weighted by Crippen LogP contribution is 2.38. The lowest BCUT2D eigenvalue weighted by Gasteiger charge is -2.20. The van der Waals surface area contributed by atoms with Crippen LogP contribution in [0.15, 0.2) is 17.2 Å². The Morgan fingerprint density at radius 2 is 1.71 bits per heavy atom. The minimum atomic E-state index is -0.239. The number of benzene rings is 1. The van der Waals surface area contributed by atoms with Gasteiger partial charge in [-0.05, 0) is 11.5 Å². The summed E-state index contributed by atoms with van der Waals surface area (Å²) in [6, 6.07) is 2.74. The summed E-state index contributed by atoms with van der Waals surface area (Å²) in [7, 11) is 0. The number of hydrogen-bond donors (Lipinski definition) is 3. The molecule has 0 aliphatic heterocycles. The maximum atomic E-state index is 9.58. The van der Waals surface area contributed by atoms with Crippen LogP contribution < -0.4 is 0 Å². The first-order valence-corrected chi connectivity index (χ1v) is 4.30. The fourth-order valence-electron chi connectivity index (χ4n) is 1.26. The molecule has 1 rings (SSSR count). The molecular formula is C10H14N2O2. The van der Waals surface area contributed by atoms with E-state index in [0.717, 1.165) is 0 Å². The molecule has 0 aliphatic rings. The summed E-state index contributed by atoms with van der Waals surface area (Å²) in [5.74, 6) is -0.145. The van der Waals surface area contributed by atoms with Gasteiger partial charge in [0, 0.05) is 11.6 Å². The number of nitrogens with one attached hydrogen (secondary N) is 1. The molecule has 3 N–H and O–H groups in total. The second-order valence-electron chi connectivity index (χ2n) is 4.22. The largest absolute Gasteiger partial charge is 0.508 e. The van der Waals surface area contributed by atoms with Gasteiger partial charge in [-0.25, -0.2) is 5.53 Å². The number of phenols is 2. The van der Waals surface area contributed by atoms with E-state index in [1.165, 1.54) is 12.1 Å². The van der Waals surface area contributed by atoms with Gasteiger partial charge in [0.15, 0.2) is 0 Å². The van der Waals surface area contributed by atoms with E-state index in [2.05, 4.69) is 5.11 Å². The topological polar surface area (TPSA) is 76.7 Å². The van der Waals surface area contributed by atoms with Crippen LogP contribution in [0.5, 0.6) is 11.5 Å². The number of phenolic OH excluding ortho intramolecular Hbond substituents is 2. The maximum absolute atomic E-state index is 9.58. The minimum absolute atomic E-state index is 0.0300. The Labute approximate surface area is 82.7 Å². The van der Waals surface area contributed by atoms with Gasteiger partial charge in [-0.15, -0.1) is 0 Å². The van der Waals surface area contributed by atoms with E-state index in [1.807, 2.05) is 20.8 Å². The van der Waals surface area contributed by atoms with E-state index in [0.29, 0.717) is 5.56 Å². The standard InChI is InChI=1S/C10H14N2O2/c1-10(2,3)6-4-7(12-11)9(14)5-8(6)13/h4-5,11,13-14H,1-3H3. The third kappa shape index (κ3) is 1.84. The highest BCUT2D eigenvalue weighted by Gasteiger charge is 2.20. The molecule has 1 aromatic rings. The van der Waals surface area contributed by atoms with Gasteiger partial charge in [0.1, 0.15) is 17.2 Å². The van der Waals surface area contributed by atoms with Gasteiger partial charge in [0.05, 0.1) is 0 Å². The molecule has 0 spiro atoms. The molecule has 0 bridgehead atoms. The zero-order valence-corrected chi connectivity index (χ0v) is 8.50. The summed E-state index contributed by atoms with van der Waals surface area (Å²) in [5, 5.41) is 22.1. The summed E-state index contributed by atoms with van der Waals surface area (Å²) < 4.78 is 0. The van der Waals surface area contributed by atoms with Crippen LogP contribution in [0.4, 0.5) is 5.69 Å². The van der Waals surface area contributed by atoms with Crippen LogP contribution in [0.3, 0.4) is 0 Å². The van der Waals surface area contributed by atoms with Crippen molar-refractivity contribution in [1.82, 2.24) is 0 Å². The first-order valence-electron chi connectivity index (χ1n) is 4.30. The summed E-state index contributed by atoms with van der Waals surface area (Å²) in [6.07, 6.45) is 0. The van der Waals surface area contributed by atoms with E-state index in [9.17, 15) is 10.2 Å². The van der Waals surface area contributed by atoms with Crippen LogP contribution in [0, 0.1) is 5.53 Å². The van der Waals surface area contributed by atoms with Crippen LogP contribution in [0.25, 0.3) is 0 Å². The van der Waals surface area contributed by atoms with Gasteiger partial charge < -0.3 is 10.2 Å². The Morgan fingerprint density at radius 1 is 1.14 bits per heavy atom. The highest BCUT2D eigenvalue weighted by atomic mass is 16.3. The zero-order chi connectivity index (χ0) is 10.9. The van der Waals surface area contributed by atoms with Crippen LogP contribution >= 0.6 is 0 Å². The fourth-order valence-corrected chi connectivity index (χ4v) is 1.26. The van der Waals surface area contributed by atoms with E-state index in [4.69, 9.17) is 5.53 Å². The minimum Gasteiger partial charge on any atom is -0.508 e. The molecule has 1 aromatic carbocycles. The van der Waals surface area contributed by atoms with Crippen molar-refractivity contribution in [3.63, 3.8) is 0 Å². The van der Waals surface area contributed by atoms with Crippen LogP contribution in [-0.4, -0.2) is 10.2 Å². The van der Waals surface area contributed by atoms with Crippen LogP contribution in [0.2, 0.25) is 0 Å². The molecule has 0 amide bonds. The molecule has 76 valence electrons. The quantitative estimate of drug-likeness (QED) is 0.601. The lowest BCUT2D eigenvalue weighted by Crippen LogP contribution is -2.10. The van der Waals surface area contributed by atoms with Crippen LogP contribution in [0.1, 0.15) is 26.3 Å². The third-order valence-corrected chi connectivity index (χ3v) is 2.02. The third-order valence-electron chi connectivity index (χ3n) is 2.02. The van der Waals surface area contributed by atoms with Crippen molar-refractivity contribution in [3.8, 4) is 11.5 Å². The van der Waals surface area contributed by atoms with Gasteiger partial charge in [-0.2, -0.15) is 5.11 Å². The summed E-state index contributed by atoms with van der Waals surface area (Å²) in [5.41, 5.74) is 7.44. The van der Waals surface area contributed by atoms with E-state index in [1.54, 1.807) is 0 Å². The summed E-state index contributed by atoms with van der Waals surface area (Å²) in [4.78, 5) is 0. The molecule has 0 radical (unpaired) electrons. The van der Waals surface area contributed by atoms with Gasteiger partial charge in [-0.1, -0.05) is 20.8 Å². The molecule has 0 aliphatic carbocycles. The van der Waals surface area contributed by atoms with Crippen molar-refractivity contribution in [2.45, 2.75) is 26.2 Å². The molecule has 4 heteroatoms. The zero-order valence-electron chi connectivity index (χ0n) is 8.50. The lowest BCUT2D eigenvalue weighted by atomic mass is 9.86. The van der Waals surface area contributed by atoms with Crippen molar-refractivity contribution < 1.29 is 10.2 Å². The Hall–Kier alpha value is -1.58. The second kappa shape index (κ2) is 3.29. The van der Waals surface area contributed by atoms with E-state index in [-0.39, 0.29) is 22.6 Å². The Bertz CT molecular complexity index is 367. The predicted octanol–water partition coefficient (Wildman–Crippen LogP) is 3.06. The normalized spacial score (nSPS) is 11.4. The molecule has 0 saturated heterocycles. The van der Waals surface area contributed by atoms with Gasteiger partial charge >= 0.3 is 0 Å². The first kappa shape index (κ1) is 10.5. The molecule has 0 saturated carbocycles. The number of hydrogen-bond acceptors (Lipinski definition) is 4. The van der Waals surface area contributed by atoms with E-state index < -0.39 is 0 Å². The van der Waals surface area contributed by atoms with Gasteiger partial charge in [0.25, 0.3) is 0 Å². The molecule has 0 heterocycles. The number of nitrogens with zero attached hydrogens (tertiary/aromatic N) is 1. The van der Waals surface area contributed by atoms with Crippen molar-refractivity contribution in [1.29, 1.82) is 5.53 Å². The molecule has 14 heavy (non-hydrogen) atoms. The molecule has 4 nitrogen and oxygen atoms in total. The SMILES string of the molecule is CC(C)(C)c1cc(N=N)c(O)cc1O. The first-order chi connectivity index (χ1) is 6.36. The molecular weight excluding hydrogens is 180 g/mol. The monoisotopic (exact) mass is 194 g/mol. The Balaban J connectivity index is 3.39. The number of aromatic hydroxyl groups is 2. The van der Waals surface area contributed by atoms with Crippen molar-refractivity contribution in [2.24, 2.45) is 5.11 Å². The average molecular weight is 194 g/mol. The second-order valence-corrected chi connectivity index (χ2v) is 4.22. The van der Waals surface area contributed by atoms with Crippen molar-refractivity contribution in [3.05, 3.63) is 17.7 Å². The summed E-state index contributed by atoms with van der Waals surface area (Å²) >= 11 is 0. The molecule has 0 unspecified atom stereocenters. The van der Waals surface area contributed by atoms with Crippen LogP contribution in [-0.2, 0) is 5.41 Å². The Morgan fingerprint density at radius 3 is 2.14 bits per heavy atom. The van der Waals surface area contributed by atoms with Gasteiger partial charge in [-0.3, -0.25) is 0 Å². The molecule has 0 atom stereocenters. The average Bonchev–Trinajstić information content (AvgIpc) is 2.02. The number of rotatable bonds is 1. The summed E-state index contributed by atoms with van der Waals surface area (Å²) in [6.45, 7) is 5.81. The van der Waals surface area contributed by atoms with Crippen molar-refractivity contribution >= 4 is 5.69 Å². The van der Waals surface area contributed by atoms with E-state index >= 15 is 0 Å². The lowest BCUT2D eigenvalue weighted by molar-refractivity contribution is 0.432. The fraction of sp³-hybridized carbons (Fsp3) is 0.400. The smallest absolute Gasteiger partial charge is 0.146 e. The maximum Gasteiger partial charge on any atom is 0.146 e. The highest BCUT2D eigenvalue weighted by molar-refractivity contribution is 5.58. The Kier molecular flexibility index (Phi) is 2.47. The van der Waals surface area contributed by atoms with Gasteiger partial charge in [0.2, 0.25) is 0 Å². The van der Waals surface area contributed by atoms with Crippen molar-refractivity contribution in [2.75, 3.05) is 0 Å².